The molecule has 0 aromatic heterocycles. The normalized spacial score (nSPS) is 16.8. The van der Waals surface area contributed by atoms with Crippen LogP contribution in [0.4, 0.5) is 5.69 Å². The zero-order valence-corrected chi connectivity index (χ0v) is 16.2. The number of amides is 1. The third-order valence-corrected chi connectivity index (χ3v) is 4.98. The molecular weight excluding hydrogens is 320 g/mol. The lowest BCUT2D eigenvalue weighted by molar-refractivity contribution is -0.119. The Balaban J connectivity index is 1.89. The number of hydrogen-bond acceptors (Lipinski definition) is 2. The van der Waals surface area contributed by atoms with Crippen LogP contribution < -0.4 is 4.90 Å². The van der Waals surface area contributed by atoms with Crippen LogP contribution in [0, 0.1) is 0 Å². The standard InChI is InChI=1S/C23H32N2O/c1-4-6-8-11-20(3)14-17-24-18-15-22(16-19-24)25(23(26)5-2)21-12-9-7-10-13-21/h4,6-13,22H,1,5,14-19H2,2-3H3/b8-6-,20-11+. The Hall–Kier alpha value is -2.13. The Morgan fingerprint density at radius 3 is 2.54 bits per heavy atom. The number of benzene rings is 1. The van der Waals surface area contributed by atoms with E-state index in [4.69, 9.17) is 0 Å². The number of hydrogen-bond donors (Lipinski definition) is 0. The fourth-order valence-electron chi connectivity index (χ4n) is 3.43. The van der Waals surface area contributed by atoms with E-state index in [0.29, 0.717) is 12.5 Å². The van der Waals surface area contributed by atoms with Gasteiger partial charge in [-0.1, -0.05) is 61.6 Å². The summed E-state index contributed by atoms with van der Waals surface area (Å²) in [5.74, 6) is 0.224. The molecular formula is C23H32N2O. The summed E-state index contributed by atoms with van der Waals surface area (Å²) in [6, 6.07) is 10.4. The van der Waals surface area contributed by atoms with Gasteiger partial charge in [-0.15, -0.1) is 0 Å². The summed E-state index contributed by atoms with van der Waals surface area (Å²) in [4.78, 5) is 17.1. The number of nitrogens with zero attached hydrogens (tertiary/aromatic N) is 2. The Kier molecular flexibility index (Phi) is 8.36. The molecule has 1 heterocycles. The number of anilines is 1. The third-order valence-electron chi connectivity index (χ3n) is 4.98. The first-order valence-electron chi connectivity index (χ1n) is 9.70. The van der Waals surface area contributed by atoms with E-state index in [1.54, 1.807) is 6.08 Å². The van der Waals surface area contributed by atoms with Gasteiger partial charge >= 0.3 is 0 Å². The van der Waals surface area contributed by atoms with E-state index in [9.17, 15) is 4.79 Å². The first kappa shape index (κ1) is 20.2. The second-order valence-corrected chi connectivity index (χ2v) is 6.91. The van der Waals surface area contributed by atoms with Crippen molar-refractivity contribution in [3.63, 3.8) is 0 Å². The van der Waals surface area contributed by atoms with Gasteiger partial charge in [0.15, 0.2) is 0 Å². The van der Waals surface area contributed by atoms with Crippen molar-refractivity contribution in [1.29, 1.82) is 0 Å². The van der Waals surface area contributed by atoms with Crippen molar-refractivity contribution in [1.82, 2.24) is 4.90 Å². The number of carbonyl (C=O) groups excluding carboxylic acids is 1. The lowest BCUT2D eigenvalue weighted by Crippen LogP contribution is -2.47. The Labute approximate surface area is 158 Å². The number of carbonyl (C=O) groups is 1. The van der Waals surface area contributed by atoms with E-state index in [-0.39, 0.29) is 5.91 Å². The molecule has 1 aliphatic heterocycles. The maximum absolute atomic E-state index is 12.5. The molecule has 0 unspecified atom stereocenters. The fourth-order valence-corrected chi connectivity index (χ4v) is 3.43. The van der Waals surface area contributed by atoms with Crippen LogP contribution in [0.2, 0.25) is 0 Å². The predicted octanol–water partition coefficient (Wildman–Crippen LogP) is 4.97. The Morgan fingerprint density at radius 2 is 1.92 bits per heavy atom. The molecule has 1 fully saturated rings. The summed E-state index contributed by atoms with van der Waals surface area (Å²) < 4.78 is 0. The van der Waals surface area contributed by atoms with E-state index in [1.165, 1.54) is 5.57 Å². The zero-order chi connectivity index (χ0) is 18.8. The van der Waals surface area contributed by atoms with E-state index in [1.807, 2.05) is 54.3 Å². The summed E-state index contributed by atoms with van der Waals surface area (Å²) in [7, 11) is 0. The summed E-state index contributed by atoms with van der Waals surface area (Å²) in [5, 5.41) is 0. The lowest BCUT2D eigenvalue weighted by atomic mass is 10.0. The SMILES string of the molecule is C=C/C=C\C=C(/C)CCN1CCC(N(C(=O)CC)c2ccccc2)CC1. The van der Waals surface area contributed by atoms with Crippen molar-refractivity contribution in [2.75, 3.05) is 24.5 Å². The van der Waals surface area contributed by atoms with Crippen molar-refractivity contribution >= 4 is 11.6 Å². The van der Waals surface area contributed by atoms with Crippen molar-refractivity contribution in [3.8, 4) is 0 Å². The van der Waals surface area contributed by atoms with Gasteiger partial charge in [0.1, 0.15) is 0 Å². The third kappa shape index (κ3) is 5.99. The van der Waals surface area contributed by atoms with Crippen LogP contribution in [0.15, 0.2) is 66.8 Å². The molecule has 0 N–H and O–H groups in total. The molecule has 2 rings (SSSR count). The summed E-state index contributed by atoms with van der Waals surface area (Å²) in [6.07, 6.45) is 11.7. The predicted molar refractivity (Wildman–Crippen MR) is 111 cm³/mol. The van der Waals surface area contributed by atoms with Crippen LogP contribution in [0.5, 0.6) is 0 Å². The van der Waals surface area contributed by atoms with Crippen LogP contribution in [-0.2, 0) is 4.79 Å². The average Bonchev–Trinajstić information content (AvgIpc) is 2.68. The molecule has 140 valence electrons. The maximum Gasteiger partial charge on any atom is 0.226 e. The first-order chi connectivity index (χ1) is 12.7. The summed E-state index contributed by atoms with van der Waals surface area (Å²) >= 11 is 0. The van der Waals surface area contributed by atoms with E-state index in [2.05, 4.69) is 24.5 Å². The molecule has 0 atom stereocenters. The average molecular weight is 353 g/mol. The molecule has 3 heteroatoms. The molecule has 0 saturated carbocycles. The van der Waals surface area contributed by atoms with Gasteiger partial charge < -0.3 is 9.80 Å². The van der Waals surface area contributed by atoms with Crippen molar-refractivity contribution in [3.05, 3.63) is 66.8 Å². The molecule has 0 aliphatic carbocycles. The number of para-hydroxylation sites is 1. The Morgan fingerprint density at radius 1 is 1.23 bits per heavy atom. The van der Waals surface area contributed by atoms with Gasteiger partial charge in [0, 0.05) is 37.8 Å². The molecule has 1 aromatic rings. The van der Waals surface area contributed by atoms with Crippen molar-refractivity contribution < 1.29 is 4.79 Å². The smallest absolute Gasteiger partial charge is 0.226 e. The lowest BCUT2D eigenvalue weighted by Gasteiger charge is -2.38. The number of likely N-dealkylation sites (tertiary alicyclic amines) is 1. The summed E-state index contributed by atoms with van der Waals surface area (Å²) in [5.41, 5.74) is 2.42. The summed E-state index contributed by atoms with van der Waals surface area (Å²) in [6.45, 7) is 11.0. The highest BCUT2D eigenvalue weighted by atomic mass is 16.2. The minimum Gasteiger partial charge on any atom is -0.309 e. The minimum atomic E-state index is 0.224. The minimum absolute atomic E-state index is 0.224. The van der Waals surface area contributed by atoms with Crippen molar-refractivity contribution in [2.24, 2.45) is 0 Å². The molecule has 1 saturated heterocycles. The van der Waals surface area contributed by atoms with Gasteiger partial charge in [-0.2, -0.15) is 0 Å². The van der Waals surface area contributed by atoms with Crippen LogP contribution >= 0.6 is 0 Å². The quantitative estimate of drug-likeness (QED) is 0.617. The number of piperidine rings is 1. The molecule has 0 spiro atoms. The molecule has 26 heavy (non-hydrogen) atoms. The molecule has 1 amide bonds. The zero-order valence-electron chi connectivity index (χ0n) is 16.2. The highest BCUT2D eigenvalue weighted by Gasteiger charge is 2.28. The highest BCUT2D eigenvalue weighted by Crippen LogP contribution is 2.24. The highest BCUT2D eigenvalue weighted by molar-refractivity contribution is 5.93. The molecule has 0 radical (unpaired) electrons. The number of allylic oxidation sites excluding steroid dienone is 4. The monoisotopic (exact) mass is 352 g/mol. The number of rotatable bonds is 8. The molecule has 1 aliphatic rings. The van der Waals surface area contributed by atoms with Crippen LogP contribution in [0.1, 0.15) is 39.5 Å². The van der Waals surface area contributed by atoms with Gasteiger partial charge in [0.25, 0.3) is 0 Å². The van der Waals surface area contributed by atoms with Gasteiger partial charge in [-0.3, -0.25) is 4.79 Å². The van der Waals surface area contributed by atoms with Crippen LogP contribution in [-0.4, -0.2) is 36.5 Å². The van der Waals surface area contributed by atoms with Gasteiger partial charge in [0.05, 0.1) is 0 Å². The molecule has 1 aromatic carbocycles. The van der Waals surface area contributed by atoms with Crippen LogP contribution in [0.3, 0.4) is 0 Å². The van der Waals surface area contributed by atoms with E-state index >= 15 is 0 Å². The second kappa shape index (κ2) is 10.8. The van der Waals surface area contributed by atoms with E-state index in [0.717, 1.165) is 44.6 Å². The second-order valence-electron chi connectivity index (χ2n) is 6.91. The molecule has 0 bridgehead atoms. The molecule has 3 nitrogen and oxygen atoms in total. The Bertz CT molecular complexity index is 625. The van der Waals surface area contributed by atoms with Gasteiger partial charge in [-0.25, -0.2) is 0 Å². The van der Waals surface area contributed by atoms with Gasteiger partial charge in [0.2, 0.25) is 5.91 Å². The van der Waals surface area contributed by atoms with Gasteiger partial charge in [-0.05, 0) is 38.3 Å². The largest absolute Gasteiger partial charge is 0.309 e. The topological polar surface area (TPSA) is 23.6 Å². The first-order valence-corrected chi connectivity index (χ1v) is 9.70. The fraction of sp³-hybridized carbons (Fsp3) is 0.435. The van der Waals surface area contributed by atoms with E-state index < -0.39 is 0 Å². The van der Waals surface area contributed by atoms with Crippen molar-refractivity contribution in [2.45, 2.75) is 45.6 Å². The maximum atomic E-state index is 12.5. The van der Waals surface area contributed by atoms with Crippen LogP contribution in [0.25, 0.3) is 0 Å².